The fraction of sp³-hybridized carbons (Fsp3) is 0.423. The van der Waals surface area contributed by atoms with Crippen molar-refractivity contribution in [2.24, 2.45) is 7.05 Å². The minimum absolute atomic E-state index is 0.0663. The van der Waals surface area contributed by atoms with Gasteiger partial charge in [0.05, 0.1) is 6.33 Å². The molecule has 176 valence electrons. The highest BCUT2D eigenvalue weighted by Gasteiger charge is 2.25. The summed E-state index contributed by atoms with van der Waals surface area (Å²) in [6.07, 6.45) is 7.27. The van der Waals surface area contributed by atoms with E-state index in [9.17, 15) is 0 Å². The molecule has 1 aliphatic heterocycles. The molecule has 5 rings (SSSR count). The second kappa shape index (κ2) is 8.66. The lowest BCUT2D eigenvalue weighted by molar-refractivity contribution is 0.490. The molecular formula is C26H32N8. The van der Waals surface area contributed by atoms with Crippen LogP contribution in [-0.2, 0) is 12.5 Å². The summed E-state index contributed by atoms with van der Waals surface area (Å²) >= 11 is 0. The number of rotatable bonds is 4. The van der Waals surface area contributed by atoms with Crippen LogP contribution >= 0.6 is 0 Å². The summed E-state index contributed by atoms with van der Waals surface area (Å²) in [5.74, 6) is 1.95. The van der Waals surface area contributed by atoms with Gasteiger partial charge in [0.1, 0.15) is 11.8 Å². The molecule has 4 heterocycles. The van der Waals surface area contributed by atoms with Gasteiger partial charge in [0.2, 0.25) is 5.95 Å². The summed E-state index contributed by atoms with van der Waals surface area (Å²) in [6.45, 7) is 10.6. The first-order chi connectivity index (χ1) is 16.3. The molecule has 0 atom stereocenters. The fourth-order valence-electron chi connectivity index (χ4n) is 4.54. The maximum Gasteiger partial charge on any atom is 0.229 e. The number of fused-ring (bicyclic) bond motifs is 1. The number of piperidine rings is 1. The van der Waals surface area contributed by atoms with Crippen LogP contribution < -0.4 is 10.2 Å². The predicted molar refractivity (Wildman–Crippen MR) is 136 cm³/mol. The Hall–Kier alpha value is -3.55. The Morgan fingerprint density at radius 2 is 1.82 bits per heavy atom. The van der Waals surface area contributed by atoms with E-state index < -0.39 is 0 Å². The number of hydrogen-bond acceptors (Lipinski definition) is 7. The van der Waals surface area contributed by atoms with Crippen molar-refractivity contribution in [1.82, 2.24) is 29.5 Å². The van der Waals surface area contributed by atoms with Gasteiger partial charge in [-0.1, -0.05) is 32.9 Å². The van der Waals surface area contributed by atoms with Crippen molar-refractivity contribution in [1.29, 1.82) is 0 Å². The molecule has 1 aromatic carbocycles. The molecule has 1 saturated heterocycles. The average Bonchev–Trinajstić information content (AvgIpc) is 3.21. The van der Waals surface area contributed by atoms with E-state index in [-0.39, 0.29) is 5.41 Å². The molecule has 0 unspecified atom stereocenters. The molecule has 3 aromatic heterocycles. The van der Waals surface area contributed by atoms with Crippen molar-refractivity contribution in [2.45, 2.75) is 51.9 Å². The summed E-state index contributed by atoms with van der Waals surface area (Å²) in [5.41, 5.74) is 6.31. The van der Waals surface area contributed by atoms with E-state index >= 15 is 0 Å². The Labute approximate surface area is 200 Å². The molecular weight excluding hydrogens is 424 g/mol. The summed E-state index contributed by atoms with van der Waals surface area (Å²) in [4.78, 5) is 25.1. The minimum atomic E-state index is 0.0663. The Morgan fingerprint density at radius 1 is 1.03 bits per heavy atom. The maximum atomic E-state index is 5.00. The monoisotopic (exact) mass is 456 g/mol. The molecule has 4 aromatic rings. The van der Waals surface area contributed by atoms with E-state index in [0.717, 1.165) is 54.6 Å². The third kappa shape index (κ3) is 4.32. The van der Waals surface area contributed by atoms with Gasteiger partial charge in [-0.15, -0.1) is 0 Å². The van der Waals surface area contributed by atoms with Gasteiger partial charge in [-0.3, -0.25) is 0 Å². The number of nitrogens with one attached hydrogen (secondary N) is 1. The molecule has 0 amide bonds. The van der Waals surface area contributed by atoms with Crippen molar-refractivity contribution in [3.63, 3.8) is 0 Å². The number of aromatic nitrogens is 6. The number of nitrogens with zero attached hydrogens (tertiary/aromatic N) is 7. The maximum absolute atomic E-state index is 5.00. The number of imidazole rings is 1. The predicted octanol–water partition coefficient (Wildman–Crippen LogP) is 4.89. The van der Waals surface area contributed by atoms with Crippen LogP contribution in [0.4, 0.5) is 17.5 Å². The molecule has 0 spiro atoms. The highest BCUT2D eigenvalue weighted by molar-refractivity contribution is 5.87. The van der Waals surface area contributed by atoms with Crippen LogP contribution in [0.25, 0.3) is 11.2 Å². The third-order valence-corrected chi connectivity index (χ3v) is 6.72. The van der Waals surface area contributed by atoms with Crippen LogP contribution in [0.3, 0.4) is 0 Å². The Morgan fingerprint density at radius 3 is 2.53 bits per heavy atom. The first-order valence-corrected chi connectivity index (χ1v) is 11.9. The lowest BCUT2D eigenvalue weighted by Gasteiger charge is -2.31. The summed E-state index contributed by atoms with van der Waals surface area (Å²) in [6, 6.07) is 8.62. The molecule has 0 aliphatic carbocycles. The molecule has 0 bridgehead atoms. The molecule has 0 radical (unpaired) electrons. The van der Waals surface area contributed by atoms with E-state index in [2.05, 4.69) is 71.1 Å². The van der Waals surface area contributed by atoms with Gasteiger partial charge in [0, 0.05) is 43.6 Å². The Kier molecular flexibility index (Phi) is 5.67. The molecule has 1 fully saturated rings. The lowest BCUT2D eigenvalue weighted by Crippen LogP contribution is -2.34. The van der Waals surface area contributed by atoms with Gasteiger partial charge < -0.3 is 14.8 Å². The number of anilines is 3. The van der Waals surface area contributed by atoms with Gasteiger partial charge in [0.25, 0.3) is 0 Å². The highest BCUT2D eigenvalue weighted by Crippen LogP contribution is 2.33. The highest BCUT2D eigenvalue weighted by atomic mass is 15.3. The van der Waals surface area contributed by atoms with Crippen molar-refractivity contribution < 1.29 is 0 Å². The SMILES string of the molecule is Cc1ccc(C(C)(C)C)cc1Nc1nc(N2CCC(c3ccncn3)CC2)nc2ncn(C)c12. The summed E-state index contributed by atoms with van der Waals surface area (Å²) in [5, 5.41) is 3.61. The van der Waals surface area contributed by atoms with Gasteiger partial charge in [0.15, 0.2) is 11.5 Å². The lowest BCUT2D eigenvalue weighted by atomic mass is 9.86. The Bertz CT molecular complexity index is 1300. The molecule has 1 N–H and O–H groups in total. The third-order valence-electron chi connectivity index (χ3n) is 6.72. The first-order valence-electron chi connectivity index (χ1n) is 11.9. The summed E-state index contributed by atoms with van der Waals surface area (Å²) < 4.78 is 1.98. The van der Waals surface area contributed by atoms with Crippen LogP contribution in [0.15, 0.2) is 43.1 Å². The zero-order valence-corrected chi connectivity index (χ0v) is 20.6. The van der Waals surface area contributed by atoms with Gasteiger partial charge in [-0.05, 0) is 48.4 Å². The van der Waals surface area contributed by atoms with Gasteiger partial charge in [-0.25, -0.2) is 15.0 Å². The molecule has 8 nitrogen and oxygen atoms in total. The first kappa shape index (κ1) is 22.3. The van der Waals surface area contributed by atoms with Crippen LogP contribution in [0, 0.1) is 6.92 Å². The second-order valence-corrected chi connectivity index (χ2v) is 10.2. The molecule has 0 saturated carbocycles. The van der Waals surface area contributed by atoms with Crippen LogP contribution in [0.2, 0.25) is 0 Å². The topological polar surface area (TPSA) is 84.7 Å². The second-order valence-electron chi connectivity index (χ2n) is 10.2. The number of benzene rings is 1. The zero-order valence-electron chi connectivity index (χ0n) is 20.6. The van der Waals surface area contributed by atoms with Crippen LogP contribution in [-0.4, -0.2) is 42.6 Å². The Balaban J connectivity index is 1.45. The zero-order chi connectivity index (χ0) is 23.9. The van der Waals surface area contributed by atoms with Gasteiger partial charge in [-0.2, -0.15) is 9.97 Å². The van der Waals surface area contributed by atoms with E-state index in [1.807, 2.05) is 23.9 Å². The van der Waals surface area contributed by atoms with Gasteiger partial charge >= 0.3 is 0 Å². The largest absolute Gasteiger partial charge is 0.341 e. The van der Waals surface area contributed by atoms with Crippen LogP contribution in [0.5, 0.6) is 0 Å². The quantitative estimate of drug-likeness (QED) is 0.468. The molecule has 8 heteroatoms. The van der Waals surface area contributed by atoms with E-state index in [1.54, 1.807) is 12.7 Å². The van der Waals surface area contributed by atoms with E-state index in [1.165, 1.54) is 11.1 Å². The van der Waals surface area contributed by atoms with E-state index in [4.69, 9.17) is 9.97 Å². The van der Waals surface area contributed by atoms with Crippen molar-refractivity contribution >= 4 is 28.6 Å². The molecule has 1 aliphatic rings. The minimum Gasteiger partial charge on any atom is -0.341 e. The smallest absolute Gasteiger partial charge is 0.229 e. The number of hydrogen-bond donors (Lipinski definition) is 1. The fourth-order valence-corrected chi connectivity index (χ4v) is 4.54. The van der Waals surface area contributed by atoms with Crippen molar-refractivity contribution in [2.75, 3.05) is 23.3 Å². The number of aryl methyl sites for hydroxylation is 2. The summed E-state index contributed by atoms with van der Waals surface area (Å²) in [7, 11) is 1.98. The normalized spacial score (nSPS) is 15.1. The molecule has 34 heavy (non-hydrogen) atoms. The average molecular weight is 457 g/mol. The van der Waals surface area contributed by atoms with E-state index in [0.29, 0.717) is 11.6 Å². The van der Waals surface area contributed by atoms with Crippen LogP contribution in [0.1, 0.15) is 56.4 Å². The van der Waals surface area contributed by atoms with Crippen molar-refractivity contribution in [3.8, 4) is 0 Å². The van der Waals surface area contributed by atoms with Crippen molar-refractivity contribution in [3.05, 3.63) is 59.9 Å². The standard InChI is InChI=1S/C26H32N8/c1-17-6-7-19(26(2,3)4)14-21(17)30-24-22-23(29-16-33(22)5)31-25(32-24)34-12-9-18(10-13-34)20-8-11-27-15-28-20/h6-8,11,14-16,18H,9-10,12-13H2,1-5H3,(H,30,31,32).